The minimum Gasteiger partial charge on any atom is -0.487 e. The Bertz CT molecular complexity index is 1250. The topological polar surface area (TPSA) is 64.4 Å². The summed E-state index contributed by atoms with van der Waals surface area (Å²) < 4.78 is 11.6. The van der Waals surface area contributed by atoms with Gasteiger partial charge in [0.25, 0.3) is 5.91 Å². The van der Waals surface area contributed by atoms with E-state index in [1.165, 1.54) is 5.56 Å². The average molecular weight is 447 g/mol. The molecule has 1 heterocycles. The molecule has 0 saturated carbocycles. The molecule has 1 N–H and O–H groups in total. The van der Waals surface area contributed by atoms with Crippen LogP contribution >= 0.6 is 11.6 Å². The zero-order valence-corrected chi connectivity index (χ0v) is 18.9. The molecule has 6 heteroatoms. The Morgan fingerprint density at radius 1 is 1.00 bits per heavy atom. The maximum atomic E-state index is 12.6. The van der Waals surface area contributed by atoms with Gasteiger partial charge in [0.2, 0.25) is 5.89 Å². The fourth-order valence-corrected chi connectivity index (χ4v) is 3.33. The number of anilines is 1. The smallest absolute Gasteiger partial charge is 0.255 e. The van der Waals surface area contributed by atoms with Crippen LogP contribution in [0, 0.1) is 20.8 Å². The van der Waals surface area contributed by atoms with Crippen molar-refractivity contribution < 1.29 is 13.9 Å². The van der Waals surface area contributed by atoms with Gasteiger partial charge >= 0.3 is 0 Å². The highest BCUT2D eigenvalue weighted by molar-refractivity contribution is 6.31. The van der Waals surface area contributed by atoms with Gasteiger partial charge in [0, 0.05) is 21.8 Å². The van der Waals surface area contributed by atoms with Gasteiger partial charge in [-0.2, -0.15) is 0 Å². The first-order valence-corrected chi connectivity index (χ1v) is 10.6. The molecule has 0 unspecified atom stereocenters. The SMILES string of the molecule is Cc1ccc(OCc2nc(-c3ccc(C(=O)Nc4cc(Cl)ccc4C)cc3)oc2C)cc1. The third-order valence-electron chi connectivity index (χ3n) is 5.13. The van der Waals surface area contributed by atoms with Crippen molar-refractivity contribution >= 4 is 23.2 Å². The highest BCUT2D eigenvalue weighted by atomic mass is 35.5. The number of nitrogens with zero attached hydrogens (tertiary/aromatic N) is 1. The van der Waals surface area contributed by atoms with E-state index in [4.69, 9.17) is 20.8 Å². The molecule has 0 spiro atoms. The lowest BCUT2D eigenvalue weighted by molar-refractivity contribution is 0.102. The third kappa shape index (κ3) is 5.01. The summed E-state index contributed by atoms with van der Waals surface area (Å²) in [5, 5.41) is 3.47. The van der Waals surface area contributed by atoms with E-state index < -0.39 is 0 Å². The zero-order chi connectivity index (χ0) is 22.7. The van der Waals surface area contributed by atoms with Crippen molar-refractivity contribution in [2.24, 2.45) is 0 Å². The van der Waals surface area contributed by atoms with Crippen LogP contribution in [-0.2, 0) is 6.61 Å². The number of hydrogen-bond donors (Lipinski definition) is 1. The van der Waals surface area contributed by atoms with Gasteiger partial charge in [0.15, 0.2) is 0 Å². The summed E-state index contributed by atoms with van der Waals surface area (Å²) in [6.07, 6.45) is 0. The number of amides is 1. The minimum atomic E-state index is -0.210. The van der Waals surface area contributed by atoms with E-state index in [9.17, 15) is 4.79 Å². The van der Waals surface area contributed by atoms with Crippen LogP contribution in [0.15, 0.2) is 71.1 Å². The molecule has 0 fully saturated rings. The number of aryl methyl sites for hydroxylation is 3. The second-order valence-electron chi connectivity index (χ2n) is 7.61. The van der Waals surface area contributed by atoms with Crippen molar-refractivity contribution in [1.82, 2.24) is 4.98 Å². The number of benzene rings is 3. The van der Waals surface area contributed by atoms with E-state index in [0.29, 0.717) is 34.5 Å². The van der Waals surface area contributed by atoms with Gasteiger partial charge in [0.1, 0.15) is 23.8 Å². The normalized spacial score (nSPS) is 10.8. The number of halogens is 1. The zero-order valence-electron chi connectivity index (χ0n) is 18.1. The number of rotatable bonds is 6. The molecular weight excluding hydrogens is 424 g/mol. The van der Waals surface area contributed by atoms with Gasteiger partial charge in [-0.05, 0) is 74.9 Å². The molecular formula is C26H23ClN2O3. The minimum absolute atomic E-state index is 0.210. The molecule has 162 valence electrons. The first-order valence-electron chi connectivity index (χ1n) is 10.2. The van der Waals surface area contributed by atoms with Gasteiger partial charge in [-0.15, -0.1) is 0 Å². The Hall–Kier alpha value is -3.57. The Kier molecular flexibility index (Phi) is 6.28. The third-order valence-corrected chi connectivity index (χ3v) is 5.37. The molecule has 4 rings (SSSR count). The van der Waals surface area contributed by atoms with Crippen LogP contribution in [0.3, 0.4) is 0 Å². The van der Waals surface area contributed by atoms with E-state index in [-0.39, 0.29) is 5.91 Å². The van der Waals surface area contributed by atoms with Crippen molar-refractivity contribution in [2.45, 2.75) is 27.4 Å². The number of nitrogens with one attached hydrogen (secondary N) is 1. The molecule has 4 aromatic rings. The van der Waals surface area contributed by atoms with E-state index >= 15 is 0 Å². The van der Waals surface area contributed by atoms with E-state index in [1.807, 2.05) is 63.2 Å². The number of aromatic nitrogens is 1. The van der Waals surface area contributed by atoms with Crippen molar-refractivity contribution in [3.8, 4) is 17.2 Å². The largest absolute Gasteiger partial charge is 0.487 e. The Morgan fingerprint density at radius 3 is 2.44 bits per heavy atom. The van der Waals surface area contributed by atoms with E-state index in [0.717, 1.165) is 22.6 Å². The van der Waals surface area contributed by atoms with Crippen LogP contribution in [0.1, 0.15) is 32.9 Å². The van der Waals surface area contributed by atoms with Crippen LogP contribution in [0.5, 0.6) is 5.75 Å². The fraction of sp³-hybridized carbons (Fsp3) is 0.154. The highest BCUT2D eigenvalue weighted by Gasteiger charge is 2.14. The van der Waals surface area contributed by atoms with Gasteiger partial charge in [-0.1, -0.05) is 35.4 Å². The summed E-state index contributed by atoms with van der Waals surface area (Å²) in [4.78, 5) is 17.2. The predicted molar refractivity (Wildman–Crippen MR) is 126 cm³/mol. The lowest BCUT2D eigenvalue weighted by Crippen LogP contribution is -2.12. The summed E-state index contributed by atoms with van der Waals surface area (Å²) in [7, 11) is 0. The predicted octanol–water partition coefficient (Wildman–Crippen LogP) is 6.75. The molecule has 0 radical (unpaired) electrons. The molecule has 0 aliphatic carbocycles. The van der Waals surface area contributed by atoms with E-state index in [1.54, 1.807) is 24.3 Å². The Morgan fingerprint density at radius 2 is 1.72 bits per heavy atom. The molecule has 1 amide bonds. The Balaban J connectivity index is 1.44. The van der Waals surface area contributed by atoms with Crippen molar-refractivity contribution in [2.75, 3.05) is 5.32 Å². The molecule has 0 saturated heterocycles. The standard InChI is InChI=1S/C26H23ClN2O3/c1-16-4-12-22(13-5-16)31-15-24-18(3)32-26(29-24)20-9-7-19(8-10-20)25(30)28-23-14-21(27)11-6-17(23)2/h4-14H,15H2,1-3H3,(H,28,30). The quantitative estimate of drug-likeness (QED) is 0.355. The summed E-state index contributed by atoms with van der Waals surface area (Å²) in [6.45, 7) is 6.13. The average Bonchev–Trinajstić information content (AvgIpc) is 3.16. The fourth-order valence-electron chi connectivity index (χ4n) is 3.16. The summed E-state index contributed by atoms with van der Waals surface area (Å²) in [5.74, 6) is 1.76. The van der Waals surface area contributed by atoms with Crippen LogP contribution in [-0.4, -0.2) is 10.9 Å². The van der Waals surface area contributed by atoms with Crippen LogP contribution in [0.2, 0.25) is 5.02 Å². The monoisotopic (exact) mass is 446 g/mol. The second-order valence-corrected chi connectivity index (χ2v) is 8.05. The lowest BCUT2D eigenvalue weighted by atomic mass is 10.1. The molecule has 0 aliphatic rings. The van der Waals surface area contributed by atoms with Crippen molar-refractivity contribution in [1.29, 1.82) is 0 Å². The second kappa shape index (κ2) is 9.28. The number of oxazole rings is 1. The molecule has 32 heavy (non-hydrogen) atoms. The van der Waals surface area contributed by atoms with Crippen molar-refractivity contribution in [3.63, 3.8) is 0 Å². The van der Waals surface area contributed by atoms with Gasteiger partial charge in [-0.25, -0.2) is 4.98 Å². The summed E-state index contributed by atoms with van der Waals surface area (Å²) >= 11 is 6.04. The molecule has 5 nitrogen and oxygen atoms in total. The first-order chi connectivity index (χ1) is 15.4. The molecule has 0 aliphatic heterocycles. The van der Waals surface area contributed by atoms with Crippen LogP contribution in [0.4, 0.5) is 5.69 Å². The lowest BCUT2D eigenvalue weighted by Gasteiger charge is -2.09. The highest BCUT2D eigenvalue weighted by Crippen LogP contribution is 2.25. The number of carbonyl (C=O) groups is 1. The first kappa shape index (κ1) is 21.7. The summed E-state index contributed by atoms with van der Waals surface area (Å²) in [6, 6.07) is 20.4. The molecule has 1 aromatic heterocycles. The number of ether oxygens (including phenoxy) is 1. The van der Waals surface area contributed by atoms with Gasteiger partial charge < -0.3 is 14.5 Å². The molecule has 0 bridgehead atoms. The number of hydrogen-bond acceptors (Lipinski definition) is 4. The summed E-state index contributed by atoms with van der Waals surface area (Å²) in [5.41, 5.74) is 4.85. The van der Waals surface area contributed by atoms with Gasteiger partial charge in [0.05, 0.1) is 0 Å². The van der Waals surface area contributed by atoms with Gasteiger partial charge in [-0.3, -0.25) is 4.79 Å². The van der Waals surface area contributed by atoms with Crippen LogP contribution in [0.25, 0.3) is 11.5 Å². The Labute approximate surface area is 192 Å². The van der Waals surface area contributed by atoms with Crippen LogP contribution < -0.4 is 10.1 Å². The van der Waals surface area contributed by atoms with E-state index in [2.05, 4.69) is 10.3 Å². The van der Waals surface area contributed by atoms with Crippen molar-refractivity contribution in [3.05, 3.63) is 99.9 Å². The maximum Gasteiger partial charge on any atom is 0.255 e. The number of carbonyl (C=O) groups excluding carboxylic acids is 1. The molecule has 3 aromatic carbocycles. The maximum absolute atomic E-state index is 12.6. The molecule has 0 atom stereocenters.